The van der Waals surface area contributed by atoms with Crippen molar-refractivity contribution in [1.29, 1.82) is 0 Å². The Morgan fingerprint density at radius 2 is 1.26 bits per heavy atom. The molecule has 3 aromatic rings. The maximum absolute atomic E-state index is 10.8. The molecular weight excluding hydrogens is 442 g/mol. The van der Waals surface area contributed by atoms with Crippen molar-refractivity contribution in [1.82, 2.24) is 9.80 Å². The van der Waals surface area contributed by atoms with Crippen LogP contribution < -0.4 is 14.4 Å². The van der Waals surface area contributed by atoms with Crippen LogP contribution in [0, 0.1) is 0 Å². The normalized spacial score (nSPS) is 15.2. The van der Waals surface area contributed by atoms with E-state index in [1.807, 2.05) is 38.4 Å². The molecule has 7 nitrogen and oxygen atoms in total. The zero-order valence-corrected chi connectivity index (χ0v) is 20.9. The number of hydrogen-bond donors (Lipinski definition) is 2. The van der Waals surface area contributed by atoms with Gasteiger partial charge in [0.05, 0.1) is 20.4 Å². The first kappa shape index (κ1) is 24.7. The number of benzene rings is 3. The lowest BCUT2D eigenvalue weighted by atomic mass is 10.0. The summed E-state index contributed by atoms with van der Waals surface area (Å²) in [7, 11) is 7.20. The molecule has 0 spiro atoms. The molecule has 1 aliphatic heterocycles. The Labute approximate surface area is 207 Å². The third-order valence-corrected chi connectivity index (χ3v) is 6.64. The molecule has 0 aromatic heterocycles. The molecule has 1 aliphatic rings. The Morgan fingerprint density at radius 1 is 0.771 bits per heavy atom. The minimum atomic E-state index is -0.0313. The van der Waals surface area contributed by atoms with E-state index in [1.165, 1.54) is 5.56 Å². The summed E-state index contributed by atoms with van der Waals surface area (Å²) < 4.78 is 10.7. The van der Waals surface area contributed by atoms with Crippen molar-refractivity contribution in [3.63, 3.8) is 0 Å². The van der Waals surface area contributed by atoms with Crippen molar-refractivity contribution < 1.29 is 19.7 Å². The van der Waals surface area contributed by atoms with E-state index in [-0.39, 0.29) is 17.7 Å². The van der Waals surface area contributed by atoms with E-state index in [2.05, 4.69) is 39.0 Å². The predicted octanol–water partition coefficient (Wildman–Crippen LogP) is 4.59. The smallest absolute Gasteiger partial charge is 0.162 e. The topological polar surface area (TPSA) is 68.6 Å². The molecule has 0 bridgehead atoms. The lowest BCUT2D eigenvalue weighted by Gasteiger charge is -2.44. The van der Waals surface area contributed by atoms with E-state index in [0.717, 1.165) is 36.3 Å². The largest absolute Gasteiger partial charge is 0.504 e. The number of phenolic OH excluding ortho intramolecular Hbond substituents is 2. The van der Waals surface area contributed by atoms with E-state index >= 15 is 0 Å². The van der Waals surface area contributed by atoms with Gasteiger partial charge in [-0.25, -0.2) is 0 Å². The fourth-order valence-electron chi connectivity index (χ4n) is 4.81. The molecule has 0 saturated carbocycles. The van der Waals surface area contributed by atoms with E-state index < -0.39 is 0 Å². The van der Waals surface area contributed by atoms with Gasteiger partial charge >= 0.3 is 0 Å². The van der Waals surface area contributed by atoms with Gasteiger partial charge < -0.3 is 24.6 Å². The van der Waals surface area contributed by atoms with Crippen LogP contribution in [0.4, 0.5) is 5.69 Å². The summed E-state index contributed by atoms with van der Waals surface area (Å²) in [5.41, 5.74) is 3.95. The molecule has 35 heavy (non-hydrogen) atoms. The quantitative estimate of drug-likeness (QED) is 0.492. The molecule has 1 fully saturated rings. The fourth-order valence-corrected chi connectivity index (χ4v) is 4.81. The van der Waals surface area contributed by atoms with Gasteiger partial charge in [0.25, 0.3) is 0 Å². The van der Waals surface area contributed by atoms with E-state index in [4.69, 9.17) is 9.47 Å². The Morgan fingerprint density at radius 3 is 1.69 bits per heavy atom. The number of hydrogen-bond acceptors (Lipinski definition) is 7. The summed E-state index contributed by atoms with van der Waals surface area (Å²) in [5, 5.41) is 21.5. The van der Waals surface area contributed by atoms with Crippen molar-refractivity contribution in [3.8, 4) is 23.0 Å². The van der Waals surface area contributed by atoms with Crippen LogP contribution in [0.1, 0.15) is 29.3 Å². The summed E-state index contributed by atoms with van der Waals surface area (Å²) in [6, 6.07) is 19.8. The standard InChI is InChI=1S/C28H35N3O4/c1-29(2)23-14-12-20(13-15-23)28-30(18-21-8-5-10-24(34-3)26(21)32)16-7-17-31(28)19-22-9-6-11-25(35-4)27(22)33/h5-6,8-15,28,32-33H,7,16-19H2,1-4H3. The SMILES string of the molecule is COc1cccc(CN2CCCN(Cc3cccc(OC)c3O)C2c2ccc(N(C)C)cc2)c1O. The molecule has 0 amide bonds. The number of para-hydroxylation sites is 2. The van der Waals surface area contributed by atoms with Crippen LogP contribution in [0.25, 0.3) is 0 Å². The van der Waals surface area contributed by atoms with Crippen molar-refractivity contribution >= 4 is 5.69 Å². The minimum Gasteiger partial charge on any atom is -0.504 e. The first-order valence-corrected chi connectivity index (χ1v) is 11.9. The highest BCUT2D eigenvalue weighted by Gasteiger charge is 2.32. The van der Waals surface area contributed by atoms with Gasteiger partial charge in [-0.1, -0.05) is 36.4 Å². The van der Waals surface area contributed by atoms with Crippen molar-refractivity contribution in [2.24, 2.45) is 0 Å². The molecule has 4 rings (SSSR count). The number of aromatic hydroxyl groups is 2. The highest BCUT2D eigenvalue weighted by atomic mass is 16.5. The lowest BCUT2D eigenvalue weighted by molar-refractivity contribution is -0.00984. The second kappa shape index (κ2) is 10.9. The van der Waals surface area contributed by atoms with Crippen LogP contribution in [0.5, 0.6) is 23.0 Å². The van der Waals surface area contributed by atoms with Gasteiger partial charge in [-0.2, -0.15) is 0 Å². The third kappa shape index (κ3) is 5.31. The molecule has 3 aromatic carbocycles. The first-order valence-electron chi connectivity index (χ1n) is 11.9. The molecule has 1 saturated heterocycles. The molecular formula is C28H35N3O4. The number of rotatable bonds is 8. The molecule has 0 aliphatic carbocycles. The van der Waals surface area contributed by atoms with Crippen molar-refractivity contribution in [2.45, 2.75) is 25.7 Å². The summed E-state index contributed by atoms with van der Waals surface area (Å²) in [5.74, 6) is 1.31. The maximum Gasteiger partial charge on any atom is 0.162 e. The zero-order valence-electron chi connectivity index (χ0n) is 20.9. The van der Waals surface area contributed by atoms with Gasteiger partial charge in [0.1, 0.15) is 0 Å². The number of phenols is 2. The van der Waals surface area contributed by atoms with E-state index in [1.54, 1.807) is 26.4 Å². The summed E-state index contributed by atoms with van der Waals surface area (Å²) in [4.78, 5) is 6.84. The highest BCUT2D eigenvalue weighted by molar-refractivity contribution is 5.48. The van der Waals surface area contributed by atoms with Crippen LogP contribution in [-0.2, 0) is 13.1 Å². The van der Waals surface area contributed by atoms with Gasteiger partial charge in [0.15, 0.2) is 23.0 Å². The lowest BCUT2D eigenvalue weighted by Crippen LogP contribution is -2.46. The predicted molar refractivity (Wildman–Crippen MR) is 138 cm³/mol. The van der Waals surface area contributed by atoms with Gasteiger partial charge in [-0.3, -0.25) is 9.80 Å². The average molecular weight is 478 g/mol. The second-order valence-corrected chi connectivity index (χ2v) is 9.09. The van der Waals surface area contributed by atoms with Gasteiger partial charge in [-0.15, -0.1) is 0 Å². The summed E-state index contributed by atoms with van der Waals surface area (Å²) in [6.07, 6.45) is 0.943. The third-order valence-electron chi connectivity index (χ3n) is 6.64. The first-order chi connectivity index (χ1) is 16.9. The Balaban J connectivity index is 1.70. The number of methoxy groups -OCH3 is 2. The van der Waals surface area contributed by atoms with Crippen LogP contribution in [0.15, 0.2) is 60.7 Å². The monoisotopic (exact) mass is 477 g/mol. The molecule has 1 heterocycles. The maximum atomic E-state index is 10.8. The summed E-state index contributed by atoms with van der Waals surface area (Å²) >= 11 is 0. The van der Waals surface area contributed by atoms with E-state index in [9.17, 15) is 10.2 Å². The fraction of sp³-hybridized carbons (Fsp3) is 0.357. The molecule has 0 radical (unpaired) electrons. The summed E-state index contributed by atoms with van der Waals surface area (Å²) in [6.45, 7) is 2.92. The average Bonchev–Trinajstić information content (AvgIpc) is 2.87. The molecule has 7 heteroatoms. The molecule has 2 N–H and O–H groups in total. The Kier molecular flexibility index (Phi) is 7.68. The highest BCUT2D eigenvalue weighted by Crippen LogP contribution is 2.38. The molecule has 186 valence electrons. The number of anilines is 1. The van der Waals surface area contributed by atoms with Crippen LogP contribution in [0.2, 0.25) is 0 Å². The van der Waals surface area contributed by atoms with E-state index in [0.29, 0.717) is 24.6 Å². The zero-order chi connectivity index (χ0) is 24.9. The second-order valence-electron chi connectivity index (χ2n) is 9.09. The van der Waals surface area contributed by atoms with Crippen LogP contribution >= 0.6 is 0 Å². The molecule has 0 atom stereocenters. The van der Waals surface area contributed by atoms with Gasteiger partial charge in [0, 0.05) is 57.1 Å². The van der Waals surface area contributed by atoms with Crippen molar-refractivity contribution in [3.05, 3.63) is 77.4 Å². The Bertz CT molecular complexity index is 1070. The van der Waals surface area contributed by atoms with Crippen LogP contribution in [-0.4, -0.2) is 61.4 Å². The Hall–Kier alpha value is -3.42. The number of ether oxygens (including phenoxy) is 2. The van der Waals surface area contributed by atoms with Gasteiger partial charge in [0.2, 0.25) is 0 Å². The van der Waals surface area contributed by atoms with Crippen LogP contribution in [0.3, 0.4) is 0 Å². The minimum absolute atomic E-state index is 0.0313. The number of nitrogens with zero attached hydrogens (tertiary/aromatic N) is 3. The van der Waals surface area contributed by atoms with Crippen molar-refractivity contribution in [2.75, 3.05) is 46.3 Å². The molecule has 0 unspecified atom stereocenters. The van der Waals surface area contributed by atoms with Gasteiger partial charge in [-0.05, 0) is 36.2 Å².